The van der Waals surface area contributed by atoms with E-state index in [0.29, 0.717) is 0 Å². The number of nitrogens with zero attached hydrogens (tertiary/aromatic N) is 2. The van der Waals surface area contributed by atoms with E-state index in [-0.39, 0.29) is 0 Å². The fourth-order valence-electron chi connectivity index (χ4n) is 1.21. The van der Waals surface area contributed by atoms with Gasteiger partial charge in [-0.2, -0.15) is 0 Å². The maximum Gasteiger partial charge on any atom is 0.211 e. The normalized spacial score (nSPS) is 29.6. The number of nitrogens with one attached hydrogen (secondary N) is 1. The summed E-state index contributed by atoms with van der Waals surface area (Å²) >= 11 is 0. The summed E-state index contributed by atoms with van der Waals surface area (Å²) in [5.74, 6) is 1.21. The van der Waals surface area contributed by atoms with Crippen molar-refractivity contribution in [2.75, 3.05) is 6.54 Å². The van der Waals surface area contributed by atoms with Crippen molar-refractivity contribution in [1.82, 2.24) is 0 Å². The zero-order valence-corrected chi connectivity index (χ0v) is 5.75. The van der Waals surface area contributed by atoms with Crippen LogP contribution in [-0.4, -0.2) is 18.7 Å². The molecule has 2 rings (SSSR count). The second-order valence-corrected chi connectivity index (χ2v) is 2.49. The number of amidine groups is 1. The Balaban J connectivity index is 2.22. The fourth-order valence-corrected chi connectivity index (χ4v) is 1.21. The quantitative estimate of drug-likeness (QED) is 0.468. The van der Waals surface area contributed by atoms with Crippen LogP contribution >= 0.6 is 0 Å². The lowest BCUT2D eigenvalue weighted by Gasteiger charge is -2.00. The Kier molecular flexibility index (Phi) is 1.36. The molecule has 0 aromatic rings. The van der Waals surface area contributed by atoms with E-state index in [1.807, 2.05) is 18.7 Å². The third-order valence-electron chi connectivity index (χ3n) is 1.75. The SMILES string of the molecule is C1=C[NH+]2C=NCCCC2=N1. The number of hydrogen-bond donors (Lipinski definition) is 1. The lowest BCUT2D eigenvalue weighted by atomic mass is 10.3. The van der Waals surface area contributed by atoms with Crippen LogP contribution < -0.4 is 4.90 Å². The van der Waals surface area contributed by atoms with Gasteiger partial charge in [0, 0.05) is 13.0 Å². The highest BCUT2D eigenvalue weighted by Crippen LogP contribution is 1.95. The molecular weight excluding hydrogens is 126 g/mol. The Bertz CT molecular complexity index is 215. The Morgan fingerprint density at radius 2 is 2.50 bits per heavy atom. The van der Waals surface area contributed by atoms with Crippen LogP contribution in [0, 0.1) is 0 Å². The van der Waals surface area contributed by atoms with Gasteiger partial charge < -0.3 is 0 Å². The molecule has 2 aliphatic rings. The first-order chi connectivity index (χ1) is 4.97. The number of hydrogen-bond acceptors (Lipinski definition) is 2. The second kappa shape index (κ2) is 2.34. The van der Waals surface area contributed by atoms with E-state index in [2.05, 4.69) is 9.98 Å². The lowest BCUT2D eigenvalue weighted by Crippen LogP contribution is -3.08. The predicted octanol–water partition coefficient (Wildman–Crippen LogP) is -0.423. The molecule has 0 spiro atoms. The zero-order chi connectivity index (χ0) is 6.81. The van der Waals surface area contributed by atoms with Crippen LogP contribution in [0.4, 0.5) is 0 Å². The van der Waals surface area contributed by atoms with Crippen LogP contribution in [0.3, 0.4) is 0 Å². The Morgan fingerprint density at radius 3 is 3.50 bits per heavy atom. The van der Waals surface area contributed by atoms with Crippen LogP contribution in [-0.2, 0) is 0 Å². The highest BCUT2D eigenvalue weighted by Gasteiger charge is 2.17. The van der Waals surface area contributed by atoms with E-state index in [4.69, 9.17) is 0 Å². The van der Waals surface area contributed by atoms with Crippen LogP contribution in [0.2, 0.25) is 0 Å². The third kappa shape index (κ3) is 0.885. The maximum absolute atomic E-state index is 4.23. The molecule has 1 unspecified atom stereocenters. The highest BCUT2D eigenvalue weighted by molar-refractivity contribution is 5.81. The Hall–Kier alpha value is -0.960. The maximum atomic E-state index is 4.23. The van der Waals surface area contributed by atoms with E-state index < -0.39 is 0 Å². The minimum atomic E-state index is 0.955. The van der Waals surface area contributed by atoms with Crippen molar-refractivity contribution in [3.8, 4) is 0 Å². The molecule has 1 atom stereocenters. The van der Waals surface area contributed by atoms with Crippen molar-refractivity contribution in [3.05, 3.63) is 12.4 Å². The smallest absolute Gasteiger partial charge is 0.211 e. The molecule has 1 N–H and O–H groups in total. The van der Waals surface area contributed by atoms with Gasteiger partial charge in [-0.15, -0.1) is 0 Å². The minimum absolute atomic E-state index is 0.955. The average molecular weight is 136 g/mol. The molecule has 0 saturated carbocycles. The van der Waals surface area contributed by atoms with Gasteiger partial charge in [-0.1, -0.05) is 0 Å². The van der Waals surface area contributed by atoms with Gasteiger partial charge in [-0.25, -0.2) is 14.9 Å². The zero-order valence-electron chi connectivity index (χ0n) is 5.75. The van der Waals surface area contributed by atoms with Gasteiger partial charge in [-0.05, 0) is 6.42 Å². The van der Waals surface area contributed by atoms with Gasteiger partial charge in [0.15, 0.2) is 6.34 Å². The van der Waals surface area contributed by atoms with Crippen molar-refractivity contribution in [2.24, 2.45) is 9.98 Å². The van der Waals surface area contributed by atoms with Gasteiger partial charge in [0.25, 0.3) is 0 Å². The van der Waals surface area contributed by atoms with Crippen molar-refractivity contribution in [2.45, 2.75) is 12.8 Å². The largest absolute Gasteiger partial charge is 0.241 e. The van der Waals surface area contributed by atoms with Crippen molar-refractivity contribution < 1.29 is 4.90 Å². The standard InChI is InChI=1S/C7H9N3/c1-2-7-9-4-5-10(7)6-8-3-1/h4-6H,1-3H2/p+1. The highest BCUT2D eigenvalue weighted by atomic mass is 15.2. The molecule has 52 valence electrons. The lowest BCUT2D eigenvalue weighted by molar-refractivity contribution is -0.624. The first kappa shape index (κ1) is 5.80. The van der Waals surface area contributed by atoms with Crippen LogP contribution in [0.1, 0.15) is 12.8 Å². The topological polar surface area (TPSA) is 29.2 Å². The van der Waals surface area contributed by atoms with Crippen molar-refractivity contribution in [1.29, 1.82) is 0 Å². The van der Waals surface area contributed by atoms with Crippen LogP contribution in [0.25, 0.3) is 0 Å². The molecule has 0 radical (unpaired) electrons. The van der Waals surface area contributed by atoms with Gasteiger partial charge in [-0.3, -0.25) is 0 Å². The predicted molar refractivity (Wildman–Crippen MR) is 40.1 cm³/mol. The molecule has 3 nitrogen and oxygen atoms in total. The summed E-state index contributed by atoms with van der Waals surface area (Å²) in [5.41, 5.74) is 0. The Labute approximate surface area is 59.8 Å². The summed E-state index contributed by atoms with van der Waals surface area (Å²) in [4.78, 5) is 9.65. The van der Waals surface area contributed by atoms with Crippen LogP contribution in [0.15, 0.2) is 22.4 Å². The average Bonchev–Trinajstić information content (AvgIpc) is 2.28. The molecule has 0 fully saturated rings. The third-order valence-corrected chi connectivity index (χ3v) is 1.75. The van der Waals surface area contributed by atoms with Crippen LogP contribution in [0.5, 0.6) is 0 Å². The molecule has 0 bridgehead atoms. The molecule has 10 heavy (non-hydrogen) atoms. The first-order valence-corrected chi connectivity index (χ1v) is 3.57. The summed E-state index contributed by atoms with van der Waals surface area (Å²) in [6.45, 7) is 0.955. The monoisotopic (exact) mass is 136 g/mol. The van der Waals surface area contributed by atoms with Crippen molar-refractivity contribution >= 4 is 12.2 Å². The van der Waals surface area contributed by atoms with Gasteiger partial charge in [0.2, 0.25) is 5.84 Å². The van der Waals surface area contributed by atoms with Crippen molar-refractivity contribution in [3.63, 3.8) is 0 Å². The van der Waals surface area contributed by atoms with Gasteiger partial charge >= 0.3 is 0 Å². The summed E-state index contributed by atoms with van der Waals surface area (Å²) in [6, 6.07) is 0. The van der Waals surface area contributed by atoms with Gasteiger partial charge in [0.05, 0.1) is 6.20 Å². The van der Waals surface area contributed by atoms with Gasteiger partial charge in [0.1, 0.15) is 6.20 Å². The first-order valence-electron chi connectivity index (χ1n) is 3.57. The molecule has 0 amide bonds. The molecule has 0 aromatic carbocycles. The number of quaternary nitrogens is 1. The fraction of sp³-hybridized carbons (Fsp3) is 0.429. The van der Waals surface area contributed by atoms with E-state index >= 15 is 0 Å². The number of rotatable bonds is 0. The molecule has 0 aromatic heterocycles. The summed E-state index contributed by atoms with van der Waals surface area (Å²) in [6.07, 6.45) is 8.02. The van der Waals surface area contributed by atoms with E-state index in [1.165, 1.54) is 10.7 Å². The van der Waals surface area contributed by atoms with E-state index in [0.717, 1.165) is 19.4 Å². The summed E-state index contributed by atoms with van der Waals surface area (Å²) in [7, 11) is 0. The molecule has 2 aliphatic heterocycles. The minimum Gasteiger partial charge on any atom is -0.241 e. The molecule has 0 saturated heterocycles. The van der Waals surface area contributed by atoms with E-state index in [1.54, 1.807) is 0 Å². The number of aliphatic imine (C=N–C) groups is 2. The van der Waals surface area contributed by atoms with E-state index in [9.17, 15) is 0 Å². The summed E-state index contributed by atoms with van der Waals surface area (Å²) < 4.78 is 0. The molecule has 2 heterocycles. The molecule has 0 aliphatic carbocycles. The summed E-state index contributed by atoms with van der Waals surface area (Å²) in [5, 5.41) is 0. The Morgan fingerprint density at radius 1 is 1.50 bits per heavy atom. The number of fused-ring (bicyclic) bond motifs is 1. The molecular formula is C7H10N3+. The second-order valence-electron chi connectivity index (χ2n) is 2.49. The molecule has 3 heteroatoms.